The Labute approximate surface area is 101 Å². The molecule has 0 unspecified atom stereocenters. The van der Waals surface area contributed by atoms with Crippen molar-refractivity contribution in [3.8, 4) is 0 Å². The average Bonchev–Trinajstić information content (AvgIpc) is 2.68. The fourth-order valence-electron chi connectivity index (χ4n) is 2.05. The summed E-state index contributed by atoms with van der Waals surface area (Å²) in [4.78, 5) is 13.6. The number of aromatic nitrogens is 1. The molecule has 1 N–H and O–H groups in total. The van der Waals surface area contributed by atoms with Crippen molar-refractivity contribution < 1.29 is 4.92 Å². The highest BCUT2D eigenvalue weighted by Crippen LogP contribution is 2.36. The minimum atomic E-state index is -0.409. The minimum Gasteiger partial charge on any atom is -0.349 e. The van der Waals surface area contributed by atoms with Gasteiger partial charge in [-0.25, -0.2) is 0 Å². The van der Waals surface area contributed by atoms with Gasteiger partial charge in [0.05, 0.1) is 9.95 Å². The van der Waals surface area contributed by atoms with E-state index in [4.69, 9.17) is 11.6 Å². The molecule has 2 aromatic carbocycles. The SMILES string of the molecule is O=[N+]([O-])c1ccc(Cl)c2c1[nH]c1ccccc12. The van der Waals surface area contributed by atoms with Gasteiger partial charge in [0.15, 0.2) is 0 Å². The maximum absolute atomic E-state index is 10.9. The zero-order chi connectivity index (χ0) is 12.0. The van der Waals surface area contributed by atoms with Crippen molar-refractivity contribution in [1.82, 2.24) is 4.98 Å². The smallest absolute Gasteiger partial charge is 0.293 e. The second-order valence-electron chi connectivity index (χ2n) is 3.74. The van der Waals surface area contributed by atoms with Gasteiger partial charge in [-0.1, -0.05) is 29.8 Å². The third-order valence-electron chi connectivity index (χ3n) is 2.79. The van der Waals surface area contributed by atoms with Crippen LogP contribution in [0, 0.1) is 10.1 Å². The molecule has 0 spiro atoms. The van der Waals surface area contributed by atoms with Gasteiger partial charge in [0.2, 0.25) is 0 Å². The summed E-state index contributed by atoms with van der Waals surface area (Å²) in [5, 5.41) is 13.1. The number of nitrogens with zero attached hydrogens (tertiary/aromatic N) is 1. The predicted octanol–water partition coefficient (Wildman–Crippen LogP) is 3.88. The standard InChI is InChI=1S/C12H7ClN2O2/c13-8-5-6-10(15(16)17)12-11(8)7-3-1-2-4-9(7)14-12/h1-6,14H. The Morgan fingerprint density at radius 3 is 2.71 bits per heavy atom. The molecule has 1 aromatic heterocycles. The molecular formula is C12H7ClN2O2. The Hall–Kier alpha value is -2.07. The summed E-state index contributed by atoms with van der Waals surface area (Å²) < 4.78 is 0. The molecule has 5 heteroatoms. The summed E-state index contributed by atoms with van der Waals surface area (Å²) in [5.74, 6) is 0. The predicted molar refractivity (Wildman–Crippen MR) is 67.5 cm³/mol. The maximum Gasteiger partial charge on any atom is 0.293 e. The lowest BCUT2D eigenvalue weighted by Crippen LogP contribution is -1.88. The van der Waals surface area contributed by atoms with E-state index < -0.39 is 4.92 Å². The van der Waals surface area contributed by atoms with Crippen molar-refractivity contribution in [3.05, 3.63) is 51.5 Å². The van der Waals surface area contributed by atoms with Gasteiger partial charge in [-0.2, -0.15) is 0 Å². The van der Waals surface area contributed by atoms with Crippen molar-refractivity contribution in [3.63, 3.8) is 0 Å². The van der Waals surface area contributed by atoms with Crippen LogP contribution >= 0.6 is 11.6 Å². The molecule has 17 heavy (non-hydrogen) atoms. The number of fused-ring (bicyclic) bond motifs is 3. The minimum absolute atomic E-state index is 0.0422. The largest absolute Gasteiger partial charge is 0.349 e. The van der Waals surface area contributed by atoms with Crippen molar-refractivity contribution >= 4 is 39.1 Å². The zero-order valence-electron chi connectivity index (χ0n) is 8.61. The molecule has 0 amide bonds. The summed E-state index contributed by atoms with van der Waals surface area (Å²) in [7, 11) is 0. The summed E-state index contributed by atoms with van der Waals surface area (Å²) in [5.41, 5.74) is 1.36. The molecule has 0 fully saturated rings. The van der Waals surface area contributed by atoms with Crippen molar-refractivity contribution in [2.45, 2.75) is 0 Å². The number of non-ortho nitro benzene ring substituents is 1. The summed E-state index contributed by atoms with van der Waals surface area (Å²) in [6, 6.07) is 10.5. The Kier molecular flexibility index (Phi) is 2.06. The van der Waals surface area contributed by atoms with E-state index in [1.807, 2.05) is 24.3 Å². The first-order valence-corrected chi connectivity index (χ1v) is 5.39. The third kappa shape index (κ3) is 1.38. The van der Waals surface area contributed by atoms with Crippen LogP contribution in [0.3, 0.4) is 0 Å². The van der Waals surface area contributed by atoms with E-state index in [0.717, 1.165) is 10.9 Å². The van der Waals surface area contributed by atoms with Crippen molar-refractivity contribution in [1.29, 1.82) is 0 Å². The molecule has 3 aromatic rings. The summed E-state index contributed by atoms with van der Waals surface area (Å²) in [6.07, 6.45) is 0. The van der Waals surface area contributed by atoms with Gasteiger partial charge < -0.3 is 4.98 Å². The van der Waals surface area contributed by atoms with Crippen LogP contribution in [0.5, 0.6) is 0 Å². The zero-order valence-corrected chi connectivity index (χ0v) is 9.36. The molecule has 0 aliphatic rings. The number of hydrogen-bond acceptors (Lipinski definition) is 2. The van der Waals surface area contributed by atoms with Crippen LogP contribution in [0.4, 0.5) is 5.69 Å². The maximum atomic E-state index is 10.9. The Bertz CT molecular complexity index is 749. The topological polar surface area (TPSA) is 58.9 Å². The van der Waals surface area contributed by atoms with Crippen LogP contribution in [0.2, 0.25) is 5.02 Å². The second-order valence-corrected chi connectivity index (χ2v) is 4.15. The Morgan fingerprint density at radius 2 is 1.94 bits per heavy atom. The number of halogens is 1. The van der Waals surface area contributed by atoms with E-state index in [1.54, 1.807) is 6.07 Å². The van der Waals surface area contributed by atoms with E-state index in [-0.39, 0.29) is 5.69 Å². The van der Waals surface area contributed by atoms with Gasteiger partial charge in [-0.15, -0.1) is 0 Å². The fourth-order valence-corrected chi connectivity index (χ4v) is 2.31. The van der Waals surface area contributed by atoms with E-state index in [0.29, 0.717) is 15.9 Å². The van der Waals surface area contributed by atoms with Crippen LogP contribution in [0.1, 0.15) is 0 Å². The quantitative estimate of drug-likeness (QED) is 0.523. The molecule has 0 bridgehead atoms. The van der Waals surface area contributed by atoms with Crippen LogP contribution in [0.15, 0.2) is 36.4 Å². The highest BCUT2D eigenvalue weighted by molar-refractivity contribution is 6.38. The molecule has 1 heterocycles. The first-order chi connectivity index (χ1) is 8.18. The lowest BCUT2D eigenvalue weighted by atomic mass is 10.1. The highest BCUT2D eigenvalue weighted by Gasteiger charge is 2.17. The second kappa shape index (κ2) is 3.46. The molecule has 3 rings (SSSR count). The van der Waals surface area contributed by atoms with Crippen molar-refractivity contribution in [2.24, 2.45) is 0 Å². The molecular weight excluding hydrogens is 240 g/mol. The molecule has 0 aliphatic carbocycles. The van der Waals surface area contributed by atoms with Gasteiger partial charge in [0.25, 0.3) is 5.69 Å². The van der Waals surface area contributed by atoms with Crippen LogP contribution in [0.25, 0.3) is 21.8 Å². The van der Waals surface area contributed by atoms with Crippen LogP contribution < -0.4 is 0 Å². The molecule has 0 saturated carbocycles. The summed E-state index contributed by atoms with van der Waals surface area (Å²) in [6.45, 7) is 0. The first kappa shape index (κ1) is 10.1. The number of nitrogens with one attached hydrogen (secondary N) is 1. The van der Waals surface area contributed by atoms with Crippen molar-refractivity contribution in [2.75, 3.05) is 0 Å². The van der Waals surface area contributed by atoms with E-state index in [9.17, 15) is 10.1 Å². The number of nitro benzene ring substituents is 1. The van der Waals surface area contributed by atoms with Gasteiger partial charge in [-0.3, -0.25) is 10.1 Å². The van der Waals surface area contributed by atoms with Gasteiger partial charge >= 0.3 is 0 Å². The monoisotopic (exact) mass is 246 g/mol. The van der Waals surface area contributed by atoms with Gasteiger partial charge in [0.1, 0.15) is 5.52 Å². The number of para-hydroxylation sites is 1. The highest BCUT2D eigenvalue weighted by atomic mass is 35.5. The Morgan fingerprint density at radius 1 is 1.18 bits per heavy atom. The fraction of sp³-hybridized carbons (Fsp3) is 0. The number of H-pyrrole nitrogens is 1. The number of nitro groups is 1. The number of rotatable bonds is 1. The number of aromatic amines is 1. The lowest BCUT2D eigenvalue weighted by Gasteiger charge is -1.96. The molecule has 4 nitrogen and oxygen atoms in total. The molecule has 84 valence electrons. The number of benzene rings is 2. The van der Waals surface area contributed by atoms with Gasteiger partial charge in [0, 0.05) is 22.4 Å². The van der Waals surface area contributed by atoms with Crippen LogP contribution in [-0.4, -0.2) is 9.91 Å². The average molecular weight is 247 g/mol. The molecule has 0 atom stereocenters. The van der Waals surface area contributed by atoms with E-state index in [2.05, 4.69) is 4.98 Å². The first-order valence-electron chi connectivity index (χ1n) is 5.02. The molecule has 0 saturated heterocycles. The lowest BCUT2D eigenvalue weighted by molar-refractivity contribution is -0.383. The van der Waals surface area contributed by atoms with E-state index >= 15 is 0 Å². The van der Waals surface area contributed by atoms with E-state index in [1.165, 1.54) is 6.07 Å². The molecule has 0 radical (unpaired) electrons. The third-order valence-corrected chi connectivity index (χ3v) is 3.10. The normalized spacial score (nSPS) is 11.1. The number of hydrogen-bond donors (Lipinski definition) is 1. The van der Waals surface area contributed by atoms with Gasteiger partial charge in [-0.05, 0) is 12.1 Å². The Balaban J connectivity index is 2.58. The van der Waals surface area contributed by atoms with Crippen LogP contribution in [-0.2, 0) is 0 Å². The summed E-state index contributed by atoms with van der Waals surface area (Å²) >= 11 is 6.11. The molecule has 0 aliphatic heterocycles.